The van der Waals surface area contributed by atoms with Crippen molar-refractivity contribution in [2.45, 2.75) is 6.42 Å². The second-order valence-electron chi connectivity index (χ2n) is 3.68. The molecule has 18 heavy (non-hydrogen) atoms. The van der Waals surface area contributed by atoms with Gasteiger partial charge in [0.15, 0.2) is 0 Å². The highest BCUT2D eigenvalue weighted by molar-refractivity contribution is 14.1. The molecule has 0 aliphatic rings. The largest absolute Gasteiger partial charge is 0.385 e. The van der Waals surface area contributed by atoms with Crippen molar-refractivity contribution in [3.63, 3.8) is 0 Å². The minimum absolute atomic E-state index is 0.134. The van der Waals surface area contributed by atoms with E-state index in [4.69, 9.17) is 0 Å². The van der Waals surface area contributed by atoms with E-state index < -0.39 is 0 Å². The van der Waals surface area contributed by atoms with E-state index in [0.29, 0.717) is 3.57 Å². The normalized spacial score (nSPS) is 10.3. The van der Waals surface area contributed by atoms with Crippen molar-refractivity contribution in [1.82, 2.24) is 9.97 Å². The van der Waals surface area contributed by atoms with E-state index in [-0.39, 0.29) is 10.6 Å². The highest BCUT2D eigenvalue weighted by Gasteiger charge is 2.11. The number of nitrogens with zero attached hydrogens (tertiary/aromatic N) is 2. The Kier molecular flexibility index (Phi) is 4.13. The van der Waals surface area contributed by atoms with Gasteiger partial charge in [-0.25, -0.2) is 4.98 Å². The summed E-state index contributed by atoms with van der Waals surface area (Å²) < 4.78 is 0.629. The molecule has 0 saturated heterocycles. The number of rotatable bonds is 5. The minimum atomic E-state index is -0.379. The van der Waals surface area contributed by atoms with E-state index in [1.807, 2.05) is 22.6 Å². The molecule has 0 amide bonds. The van der Waals surface area contributed by atoms with Crippen LogP contribution in [0, 0.1) is 13.7 Å². The van der Waals surface area contributed by atoms with Crippen LogP contribution >= 0.6 is 22.6 Å². The van der Waals surface area contributed by atoms with Crippen LogP contribution < -0.4 is 5.32 Å². The predicted octanol–water partition coefficient (Wildman–Crippen LogP) is 2.58. The van der Waals surface area contributed by atoms with Crippen molar-refractivity contribution in [2.24, 2.45) is 0 Å². The number of aromatic amines is 1. The Balaban J connectivity index is 1.94. The number of hydrogen-bond donors (Lipinski definition) is 2. The van der Waals surface area contributed by atoms with E-state index in [0.717, 1.165) is 24.3 Å². The third kappa shape index (κ3) is 3.19. The number of nitrogens with one attached hydrogen (secondary N) is 2. The number of benzene rings is 1. The summed E-state index contributed by atoms with van der Waals surface area (Å²) in [6.07, 6.45) is 4.25. The monoisotopic (exact) mass is 358 g/mol. The molecular formula is C11H11IN4O2. The van der Waals surface area contributed by atoms with Gasteiger partial charge in [0.25, 0.3) is 5.69 Å². The lowest BCUT2D eigenvalue weighted by atomic mass is 10.2. The molecule has 0 aliphatic carbocycles. The Morgan fingerprint density at radius 2 is 2.33 bits per heavy atom. The van der Waals surface area contributed by atoms with E-state index >= 15 is 0 Å². The molecule has 2 rings (SSSR count). The van der Waals surface area contributed by atoms with Crippen molar-refractivity contribution in [2.75, 3.05) is 11.9 Å². The average Bonchev–Trinajstić information content (AvgIpc) is 2.81. The number of H-pyrrole nitrogens is 1. The summed E-state index contributed by atoms with van der Waals surface area (Å²) in [6.45, 7) is 0.746. The highest BCUT2D eigenvalue weighted by Crippen LogP contribution is 2.23. The summed E-state index contributed by atoms with van der Waals surface area (Å²) in [5.74, 6) is 0. The Morgan fingerprint density at radius 1 is 1.50 bits per heavy atom. The second-order valence-corrected chi connectivity index (χ2v) is 4.84. The van der Waals surface area contributed by atoms with Gasteiger partial charge >= 0.3 is 0 Å². The summed E-state index contributed by atoms with van der Waals surface area (Å²) in [5, 5.41) is 13.9. The van der Waals surface area contributed by atoms with E-state index in [1.165, 1.54) is 6.07 Å². The lowest BCUT2D eigenvalue weighted by Crippen LogP contribution is -2.05. The fraction of sp³-hybridized carbons (Fsp3) is 0.182. The van der Waals surface area contributed by atoms with E-state index in [2.05, 4.69) is 15.3 Å². The van der Waals surface area contributed by atoms with E-state index in [1.54, 1.807) is 24.7 Å². The van der Waals surface area contributed by atoms with Crippen molar-refractivity contribution in [3.8, 4) is 0 Å². The van der Waals surface area contributed by atoms with Gasteiger partial charge in [-0.1, -0.05) is 0 Å². The van der Waals surface area contributed by atoms with Crippen LogP contribution in [0.2, 0.25) is 0 Å². The van der Waals surface area contributed by atoms with Gasteiger partial charge in [-0.15, -0.1) is 0 Å². The molecule has 7 heteroatoms. The summed E-state index contributed by atoms with van der Waals surface area (Å²) in [6, 6.07) is 5.00. The average molecular weight is 358 g/mol. The zero-order valence-corrected chi connectivity index (χ0v) is 11.5. The fourth-order valence-corrected chi connectivity index (χ4v) is 2.24. The number of halogens is 1. The molecule has 6 nitrogen and oxygen atoms in total. The molecule has 0 spiro atoms. The van der Waals surface area contributed by atoms with E-state index in [9.17, 15) is 10.1 Å². The van der Waals surface area contributed by atoms with Gasteiger partial charge in [-0.2, -0.15) is 0 Å². The number of hydrogen-bond acceptors (Lipinski definition) is 4. The molecule has 0 fully saturated rings. The number of anilines is 1. The lowest BCUT2D eigenvalue weighted by Gasteiger charge is -2.06. The van der Waals surface area contributed by atoms with Crippen LogP contribution in [0.25, 0.3) is 0 Å². The number of aromatic nitrogens is 2. The third-order valence-corrected chi connectivity index (χ3v) is 3.29. The first kappa shape index (κ1) is 12.8. The van der Waals surface area contributed by atoms with Gasteiger partial charge in [0.2, 0.25) is 0 Å². The van der Waals surface area contributed by atoms with Gasteiger partial charge in [0.1, 0.15) is 0 Å². The molecule has 0 aliphatic heterocycles. The summed E-state index contributed by atoms with van der Waals surface area (Å²) in [5.41, 5.74) is 2.07. The van der Waals surface area contributed by atoms with Crippen LogP contribution in [0.1, 0.15) is 5.69 Å². The molecule has 1 aromatic heterocycles. The van der Waals surface area contributed by atoms with Crippen LogP contribution in [-0.4, -0.2) is 21.4 Å². The van der Waals surface area contributed by atoms with Crippen molar-refractivity contribution >= 4 is 34.0 Å². The zero-order valence-electron chi connectivity index (χ0n) is 9.39. The summed E-state index contributed by atoms with van der Waals surface area (Å²) in [4.78, 5) is 17.2. The highest BCUT2D eigenvalue weighted by atomic mass is 127. The Bertz CT molecular complexity index is 542. The second kappa shape index (κ2) is 5.80. The van der Waals surface area contributed by atoms with Gasteiger partial charge in [-0.3, -0.25) is 10.1 Å². The molecule has 0 unspecified atom stereocenters. The smallest absolute Gasteiger partial charge is 0.282 e. The molecule has 1 aromatic carbocycles. The summed E-state index contributed by atoms with van der Waals surface area (Å²) >= 11 is 1.97. The molecule has 1 heterocycles. The van der Waals surface area contributed by atoms with Crippen molar-refractivity contribution in [1.29, 1.82) is 0 Å². The van der Waals surface area contributed by atoms with Crippen LogP contribution in [-0.2, 0) is 6.42 Å². The quantitative estimate of drug-likeness (QED) is 0.489. The Hall–Kier alpha value is -1.64. The topological polar surface area (TPSA) is 83.8 Å². The summed E-state index contributed by atoms with van der Waals surface area (Å²) in [7, 11) is 0. The number of imidazole rings is 1. The first-order chi connectivity index (χ1) is 8.66. The zero-order chi connectivity index (χ0) is 13.0. The van der Waals surface area contributed by atoms with Crippen LogP contribution in [0.5, 0.6) is 0 Å². The molecule has 94 valence electrons. The predicted molar refractivity (Wildman–Crippen MR) is 76.6 cm³/mol. The molecule has 2 aromatic rings. The van der Waals surface area contributed by atoms with Crippen molar-refractivity contribution in [3.05, 3.63) is 50.1 Å². The Labute approximate surface area is 117 Å². The van der Waals surface area contributed by atoms with Gasteiger partial charge < -0.3 is 10.3 Å². The minimum Gasteiger partial charge on any atom is -0.385 e. The maximum absolute atomic E-state index is 10.7. The van der Waals surface area contributed by atoms with Crippen LogP contribution in [0.4, 0.5) is 11.4 Å². The van der Waals surface area contributed by atoms with Crippen LogP contribution in [0.15, 0.2) is 30.7 Å². The molecule has 0 bridgehead atoms. The maximum Gasteiger partial charge on any atom is 0.282 e. The maximum atomic E-state index is 10.7. The standard InChI is InChI=1S/C11H11IN4O2/c12-10-5-8(1-2-11(10)16(17)18)14-4-3-9-6-13-7-15-9/h1-2,5-7,14H,3-4H2,(H,13,15). The third-order valence-electron chi connectivity index (χ3n) is 2.42. The number of nitro groups is 1. The SMILES string of the molecule is O=[N+]([O-])c1ccc(NCCc2cnc[nH]2)cc1I. The lowest BCUT2D eigenvalue weighted by molar-refractivity contribution is -0.385. The first-order valence-corrected chi connectivity index (χ1v) is 6.40. The van der Waals surface area contributed by atoms with Gasteiger partial charge in [0.05, 0.1) is 14.8 Å². The Morgan fingerprint density at radius 3 is 2.94 bits per heavy atom. The van der Waals surface area contributed by atoms with Crippen molar-refractivity contribution < 1.29 is 4.92 Å². The molecule has 0 radical (unpaired) electrons. The van der Waals surface area contributed by atoms with Crippen LogP contribution in [0.3, 0.4) is 0 Å². The molecular weight excluding hydrogens is 347 g/mol. The fourth-order valence-electron chi connectivity index (χ4n) is 1.53. The first-order valence-electron chi connectivity index (χ1n) is 5.32. The molecule has 0 saturated carbocycles. The molecule has 2 N–H and O–H groups in total. The van der Waals surface area contributed by atoms with Gasteiger partial charge in [-0.05, 0) is 34.7 Å². The number of nitro benzene ring substituents is 1. The van der Waals surface area contributed by atoms with Gasteiger partial charge in [0, 0.05) is 36.6 Å². The molecule has 0 atom stereocenters.